The van der Waals surface area contributed by atoms with Crippen LogP contribution < -0.4 is 10.6 Å². The molecular weight excluding hydrogens is 445 g/mol. The summed E-state index contributed by atoms with van der Waals surface area (Å²) >= 11 is 0. The summed E-state index contributed by atoms with van der Waals surface area (Å²) in [6, 6.07) is 22.1. The van der Waals surface area contributed by atoms with E-state index in [0.29, 0.717) is 13.1 Å². The summed E-state index contributed by atoms with van der Waals surface area (Å²) in [5.41, 5.74) is 4.68. The zero-order chi connectivity index (χ0) is 24.0. The number of halogens is 1. The molecule has 1 heterocycles. The molecule has 3 aliphatic carbocycles. The van der Waals surface area contributed by atoms with E-state index in [2.05, 4.69) is 22.8 Å². The zero-order valence-corrected chi connectivity index (χ0v) is 19.2. The smallest absolute Gasteiger partial charge is 0.407 e. The number of nitrogens with one attached hydrogen (secondary N) is 2. The SMILES string of the molecule is O=C(NC12CC(c3ccc(NC(=O)N4Cc5ccc(F)cc5C4)cc3)(C1)C2)OCc1ccccc1. The molecule has 3 fully saturated rings. The number of alkyl carbamates (subject to hydrolysis) is 1. The minimum Gasteiger partial charge on any atom is -0.445 e. The number of carbonyl (C=O) groups is 2. The maximum Gasteiger partial charge on any atom is 0.407 e. The van der Waals surface area contributed by atoms with Crippen molar-refractivity contribution in [2.75, 3.05) is 5.32 Å². The van der Waals surface area contributed by atoms with Crippen molar-refractivity contribution in [1.29, 1.82) is 0 Å². The number of rotatable bonds is 5. The molecule has 1 aliphatic heterocycles. The van der Waals surface area contributed by atoms with Crippen molar-refractivity contribution in [1.82, 2.24) is 10.2 Å². The van der Waals surface area contributed by atoms with Gasteiger partial charge in [0.2, 0.25) is 0 Å². The number of anilines is 1. The van der Waals surface area contributed by atoms with Gasteiger partial charge in [0.05, 0.1) is 0 Å². The standard InChI is InChI=1S/C28H26FN3O3/c29-23-9-6-20-13-32(14-21(20)12-23)25(33)30-24-10-7-22(8-11-24)27-16-28(17-27,18-27)31-26(34)35-15-19-4-2-1-3-5-19/h1-12H,13-18H2,(H,30,33)(H,31,34). The lowest BCUT2D eigenvalue weighted by Crippen LogP contribution is -2.76. The maximum absolute atomic E-state index is 13.4. The first-order chi connectivity index (χ1) is 16.9. The number of ether oxygens (including phenoxy) is 1. The Morgan fingerprint density at radius 3 is 2.37 bits per heavy atom. The fraction of sp³-hybridized carbons (Fsp3) is 0.286. The average molecular weight is 472 g/mol. The highest BCUT2D eigenvalue weighted by Gasteiger charge is 2.69. The number of hydrogen-bond donors (Lipinski definition) is 2. The third-order valence-electron chi connectivity index (χ3n) is 7.54. The second kappa shape index (κ2) is 8.12. The molecule has 35 heavy (non-hydrogen) atoms. The first-order valence-electron chi connectivity index (χ1n) is 11.8. The van der Waals surface area contributed by atoms with Crippen molar-refractivity contribution >= 4 is 17.8 Å². The van der Waals surface area contributed by atoms with Crippen molar-refractivity contribution in [2.24, 2.45) is 0 Å². The number of benzene rings is 3. The van der Waals surface area contributed by atoms with Gasteiger partial charge < -0.3 is 20.3 Å². The van der Waals surface area contributed by atoms with Crippen LogP contribution in [0.15, 0.2) is 72.8 Å². The Morgan fingerprint density at radius 1 is 0.914 bits per heavy atom. The first-order valence-corrected chi connectivity index (χ1v) is 11.8. The molecule has 2 N–H and O–H groups in total. The Bertz CT molecular complexity index is 1270. The molecule has 178 valence electrons. The molecule has 0 saturated heterocycles. The van der Waals surface area contributed by atoms with Crippen LogP contribution in [-0.4, -0.2) is 22.6 Å². The molecule has 7 heteroatoms. The second-order valence-corrected chi connectivity index (χ2v) is 10.1. The Hall–Kier alpha value is -3.87. The summed E-state index contributed by atoms with van der Waals surface area (Å²) in [4.78, 5) is 26.6. The predicted octanol–water partition coefficient (Wildman–Crippen LogP) is 5.47. The van der Waals surface area contributed by atoms with Gasteiger partial charge >= 0.3 is 12.1 Å². The molecule has 3 aromatic carbocycles. The molecule has 0 atom stereocenters. The fourth-order valence-corrected chi connectivity index (χ4v) is 5.82. The molecule has 0 aromatic heterocycles. The predicted molar refractivity (Wildman–Crippen MR) is 129 cm³/mol. The van der Waals surface area contributed by atoms with E-state index in [9.17, 15) is 14.0 Å². The topological polar surface area (TPSA) is 70.7 Å². The van der Waals surface area contributed by atoms with Gasteiger partial charge in [-0.1, -0.05) is 48.5 Å². The Kier molecular flexibility index (Phi) is 5.02. The van der Waals surface area contributed by atoms with Crippen LogP contribution in [0.1, 0.15) is 41.5 Å². The van der Waals surface area contributed by atoms with Crippen LogP contribution in [0.5, 0.6) is 0 Å². The van der Waals surface area contributed by atoms with Crippen molar-refractivity contribution in [3.63, 3.8) is 0 Å². The lowest BCUT2D eigenvalue weighted by atomic mass is 9.37. The van der Waals surface area contributed by atoms with Gasteiger partial charge in [0.15, 0.2) is 0 Å². The number of carbonyl (C=O) groups excluding carboxylic acids is 2. The monoisotopic (exact) mass is 471 g/mol. The maximum atomic E-state index is 13.4. The van der Waals surface area contributed by atoms with Gasteiger partial charge in [-0.25, -0.2) is 14.0 Å². The molecule has 4 aliphatic rings. The summed E-state index contributed by atoms with van der Waals surface area (Å²) in [6.45, 7) is 1.15. The number of urea groups is 1. The summed E-state index contributed by atoms with van der Waals surface area (Å²) in [5, 5.41) is 6.00. The van der Waals surface area contributed by atoms with Gasteiger partial charge in [-0.2, -0.15) is 0 Å². The van der Waals surface area contributed by atoms with Crippen molar-refractivity contribution in [3.05, 3.63) is 101 Å². The second-order valence-electron chi connectivity index (χ2n) is 10.1. The molecule has 7 rings (SSSR count). The highest BCUT2D eigenvalue weighted by Crippen LogP contribution is 2.67. The number of amides is 3. The van der Waals surface area contributed by atoms with Crippen LogP contribution in [0.25, 0.3) is 0 Å². The van der Waals surface area contributed by atoms with E-state index in [1.165, 1.54) is 17.7 Å². The number of fused-ring (bicyclic) bond motifs is 1. The van der Waals surface area contributed by atoms with Crippen molar-refractivity contribution in [2.45, 2.75) is 49.9 Å². The molecule has 2 bridgehead atoms. The van der Waals surface area contributed by atoms with Crippen LogP contribution in [-0.2, 0) is 29.8 Å². The molecule has 0 spiro atoms. The van der Waals surface area contributed by atoms with E-state index in [1.807, 2.05) is 42.5 Å². The third kappa shape index (κ3) is 4.01. The zero-order valence-electron chi connectivity index (χ0n) is 19.2. The Labute approximate surface area is 203 Å². The summed E-state index contributed by atoms with van der Waals surface area (Å²) in [6.07, 6.45) is 2.32. The normalized spacial score (nSPS) is 23.5. The lowest BCUT2D eigenvalue weighted by molar-refractivity contribution is -0.0844. The quantitative estimate of drug-likeness (QED) is 0.518. The molecule has 3 amide bonds. The van der Waals surface area contributed by atoms with Gasteiger partial charge in [0, 0.05) is 29.7 Å². The van der Waals surface area contributed by atoms with Crippen LogP contribution in [0, 0.1) is 5.82 Å². The van der Waals surface area contributed by atoms with Crippen LogP contribution in [0.4, 0.5) is 19.7 Å². The molecule has 0 unspecified atom stereocenters. The number of hydrogen-bond acceptors (Lipinski definition) is 3. The fourth-order valence-electron chi connectivity index (χ4n) is 5.82. The van der Waals surface area contributed by atoms with Gasteiger partial charge in [0.25, 0.3) is 0 Å². The van der Waals surface area contributed by atoms with E-state index < -0.39 is 0 Å². The molecule has 0 radical (unpaired) electrons. The summed E-state index contributed by atoms with van der Waals surface area (Å²) in [5.74, 6) is -0.281. The Balaban J connectivity index is 0.993. The van der Waals surface area contributed by atoms with E-state index >= 15 is 0 Å². The molecule has 3 aromatic rings. The van der Waals surface area contributed by atoms with Crippen LogP contribution >= 0.6 is 0 Å². The van der Waals surface area contributed by atoms with E-state index in [4.69, 9.17) is 4.74 Å². The van der Waals surface area contributed by atoms with Crippen LogP contribution in [0.3, 0.4) is 0 Å². The molecule has 3 saturated carbocycles. The largest absolute Gasteiger partial charge is 0.445 e. The lowest BCUT2D eigenvalue weighted by Gasteiger charge is -2.70. The highest BCUT2D eigenvalue weighted by molar-refractivity contribution is 5.89. The summed E-state index contributed by atoms with van der Waals surface area (Å²) < 4.78 is 18.8. The molecule has 6 nitrogen and oxygen atoms in total. The number of nitrogens with zero attached hydrogens (tertiary/aromatic N) is 1. The van der Waals surface area contributed by atoms with Gasteiger partial charge in [-0.15, -0.1) is 0 Å². The van der Waals surface area contributed by atoms with E-state index in [0.717, 1.165) is 41.6 Å². The summed E-state index contributed by atoms with van der Waals surface area (Å²) in [7, 11) is 0. The van der Waals surface area contributed by atoms with Gasteiger partial charge in [0.1, 0.15) is 12.4 Å². The van der Waals surface area contributed by atoms with Gasteiger partial charge in [-0.3, -0.25) is 0 Å². The van der Waals surface area contributed by atoms with Gasteiger partial charge in [-0.05, 0) is 65.8 Å². The van der Waals surface area contributed by atoms with Crippen molar-refractivity contribution < 1.29 is 18.7 Å². The van der Waals surface area contributed by atoms with E-state index in [-0.39, 0.29) is 35.5 Å². The van der Waals surface area contributed by atoms with Crippen molar-refractivity contribution in [3.8, 4) is 0 Å². The Morgan fingerprint density at radius 2 is 1.63 bits per heavy atom. The molecular formula is C28H26FN3O3. The average Bonchev–Trinajstić information content (AvgIpc) is 3.24. The van der Waals surface area contributed by atoms with E-state index in [1.54, 1.807) is 11.0 Å². The first kappa shape index (κ1) is 21.6. The third-order valence-corrected chi connectivity index (χ3v) is 7.54. The minimum absolute atomic E-state index is 0.0932. The minimum atomic E-state index is -0.369. The van der Waals surface area contributed by atoms with Crippen LogP contribution in [0.2, 0.25) is 0 Å². The highest BCUT2D eigenvalue weighted by atomic mass is 19.1.